The van der Waals surface area contributed by atoms with Gasteiger partial charge in [0.15, 0.2) is 0 Å². The fraction of sp³-hybridized carbons (Fsp3) is 0. The zero-order valence-corrected chi connectivity index (χ0v) is 7.50. The van der Waals surface area contributed by atoms with Gasteiger partial charge in [-0.3, -0.25) is 0 Å². The molecule has 9 nitrogen and oxygen atoms in total. The average molecular weight is 282 g/mol. The van der Waals surface area contributed by atoms with Crippen LogP contribution in [0.25, 0.3) is 0 Å². The molecule has 0 unspecified atom stereocenters. The molecule has 0 atom stereocenters. The van der Waals surface area contributed by atoms with E-state index < -0.39 is 0 Å². The minimum absolute atomic E-state index is 0. The Bertz CT molecular complexity index is 49.7. The van der Waals surface area contributed by atoms with Crippen LogP contribution < -0.4 is 0 Å². The molecule has 0 spiro atoms. The van der Waals surface area contributed by atoms with E-state index in [4.69, 9.17) is 30.3 Å². The molecule has 0 aromatic heterocycles. The Labute approximate surface area is 86.7 Å². The summed E-state index contributed by atoms with van der Waals surface area (Å²) in [5.74, 6) is 0. The molecule has 0 fully saturated rings. The smallest absolute Gasteiger partial charge is 0.444 e. The molecule has 0 aliphatic carbocycles. The van der Waals surface area contributed by atoms with E-state index in [9.17, 15) is 0 Å². The first-order chi connectivity index (χ1) is 4.24. The topological polar surface area (TPSA) is 157 Å². The maximum absolute atomic E-state index is 8.00. The molecule has 0 aromatic carbocycles. The molecule has 0 amide bonds. The first kappa shape index (κ1) is 22.7. The summed E-state index contributed by atoms with van der Waals surface area (Å²) in [4.78, 5) is 24.0. The van der Waals surface area contributed by atoms with Crippen molar-refractivity contribution in [2.24, 2.45) is 16.0 Å². The van der Waals surface area contributed by atoms with E-state index in [1.807, 2.05) is 0 Å². The molecule has 0 heterocycles. The summed E-state index contributed by atoms with van der Waals surface area (Å²) in [6.07, 6.45) is 0. The van der Waals surface area contributed by atoms with Crippen molar-refractivity contribution in [1.82, 2.24) is 0 Å². The molecule has 1 radical (unpaired) electrons. The Morgan fingerprint density at radius 3 is 0.700 bits per heavy atom. The summed E-state index contributed by atoms with van der Waals surface area (Å²) in [6, 6.07) is 0. The van der Waals surface area contributed by atoms with Crippen molar-refractivity contribution in [3.05, 3.63) is 30.3 Å². The molecule has 0 saturated carbocycles. The summed E-state index contributed by atoms with van der Waals surface area (Å²) in [5, 5.41) is 27.0. The molecule has 0 aliphatic heterocycles. The minimum Gasteiger partial charge on any atom is -0.444 e. The van der Waals surface area contributed by atoms with Crippen molar-refractivity contribution < 1.29 is 40.8 Å². The van der Waals surface area contributed by atoms with Crippen LogP contribution in [0.5, 0.6) is 0 Å². The monoisotopic (exact) mass is 280 g/mol. The van der Waals surface area contributed by atoms with E-state index in [0.29, 0.717) is 0 Å². The first-order valence-electron chi connectivity index (χ1n) is 1.10. The first-order valence-corrected chi connectivity index (χ1v) is 1.10. The molecular weight excluding hydrogens is 282 g/mol. The number of hydrogen-bond donors (Lipinski definition) is 0. The molecule has 10 heteroatoms. The van der Waals surface area contributed by atoms with Crippen LogP contribution in [0.4, 0.5) is 0 Å². The van der Waals surface area contributed by atoms with Crippen LogP contribution in [-0.2, 0) is 0 Å². The molecular formula is N3NdO6. The average Bonchev–Trinajstić information content (AvgIpc) is 1.70. The second-order valence-electron chi connectivity index (χ2n) is 0.224. The molecule has 0 rings (SSSR count). The molecule has 55 valence electrons. The maximum atomic E-state index is 8.00. The standard InChI is InChI=1S/3HNO2.Nd/c3*2-1-3;/h3*(H,2,3);/q;;;+3/p-3. The summed E-state index contributed by atoms with van der Waals surface area (Å²) < 4.78 is 0. The summed E-state index contributed by atoms with van der Waals surface area (Å²) >= 11 is 0. The van der Waals surface area contributed by atoms with E-state index in [1.165, 1.54) is 0 Å². The summed E-state index contributed by atoms with van der Waals surface area (Å²) in [5.41, 5.74) is 0. The van der Waals surface area contributed by atoms with Gasteiger partial charge in [-0.25, -0.2) is 0 Å². The second-order valence-corrected chi connectivity index (χ2v) is 0.224. The summed E-state index contributed by atoms with van der Waals surface area (Å²) in [7, 11) is 0. The van der Waals surface area contributed by atoms with E-state index >= 15 is 0 Å². The van der Waals surface area contributed by atoms with Gasteiger partial charge in [0, 0.05) is 0 Å². The summed E-state index contributed by atoms with van der Waals surface area (Å²) in [6.45, 7) is 0. The normalized spacial score (nSPS) is 3.60. The predicted molar refractivity (Wildman–Crippen MR) is 27.5 cm³/mol. The Balaban J connectivity index is -0.0000000257. The molecule has 0 N–H and O–H groups in total. The fourth-order valence-corrected chi connectivity index (χ4v) is 0. The van der Waals surface area contributed by atoms with Gasteiger partial charge >= 0.3 is 40.8 Å². The van der Waals surface area contributed by atoms with Crippen LogP contribution in [0.15, 0.2) is 16.0 Å². The van der Waals surface area contributed by atoms with Crippen LogP contribution in [0.2, 0.25) is 0 Å². The molecule has 0 aromatic rings. The van der Waals surface area contributed by atoms with Gasteiger partial charge in [0.05, 0.1) is 0 Å². The largest absolute Gasteiger partial charge is 3.00 e. The molecule has 0 bridgehead atoms. The van der Waals surface area contributed by atoms with E-state index in [2.05, 4.69) is 0 Å². The zero-order valence-electron chi connectivity index (χ0n) is 4.29. The van der Waals surface area contributed by atoms with Crippen LogP contribution >= 0.6 is 0 Å². The third kappa shape index (κ3) is 1600. The van der Waals surface area contributed by atoms with Gasteiger partial charge in [0.1, 0.15) is 0 Å². The SMILES string of the molecule is O=N[O-].O=N[O-].O=N[O-].[Nd+3]. The molecule has 0 aliphatic rings. The van der Waals surface area contributed by atoms with Crippen LogP contribution in [0.3, 0.4) is 0 Å². The van der Waals surface area contributed by atoms with Gasteiger partial charge in [-0.15, -0.1) is 16.0 Å². The van der Waals surface area contributed by atoms with Crippen molar-refractivity contribution in [3.8, 4) is 0 Å². The van der Waals surface area contributed by atoms with Crippen molar-refractivity contribution >= 4 is 0 Å². The quantitative estimate of drug-likeness (QED) is 0.471. The fourth-order valence-electron chi connectivity index (χ4n) is 0. The number of nitrogens with zero attached hydrogens (tertiary/aromatic N) is 3. The van der Waals surface area contributed by atoms with Crippen molar-refractivity contribution in [2.45, 2.75) is 0 Å². The van der Waals surface area contributed by atoms with Gasteiger partial charge in [-0.05, 0) is 0 Å². The number of rotatable bonds is 0. The van der Waals surface area contributed by atoms with Gasteiger partial charge in [0.25, 0.3) is 0 Å². The Hall–Kier alpha value is -0.449. The predicted octanol–water partition coefficient (Wildman–Crippen LogP) is 0.752. The van der Waals surface area contributed by atoms with Crippen molar-refractivity contribution in [3.63, 3.8) is 0 Å². The van der Waals surface area contributed by atoms with Crippen molar-refractivity contribution in [2.75, 3.05) is 0 Å². The Morgan fingerprint density at radius 1 is 0.700 bits per heavy atom. The zero-order chi connectivity index (χ0) is 8.12. The Morgan fingerprint density at radius 2 is 0.700 bits per heavy atom. The van der Waals surface area contributed by atoms with E-state index in [-0.39, 0.29) is 40.8 Å². The van der Waals surface area contributed by atoms with Crippen LogP contribution in [0.1, 0.15) is 0 Å². The molecule has 0 saturated heterocycles. The third-order valence-electron chi connectivity index (χ3n) is 0. The maximum Gasteiger partial charge on any atom is 3.00 e. The number of hydrogen-bond acceptors (Lipinski definition) is 9. The van der Waals surface area contributed by atoms with E-state index in [0.717, 1.165) is 16.0 Å². The molecule has 10 heavy (non-hydrogen) atoms. The van der Waals surface area contributed by atoms with Gasteiger partial charge in [-0.1, -0.05) is 0 Å². The van der Waals surface area contributed by atoms with Crippen LogP contribution in [-0.4, -0.2) is 0 Å². The second kappa shape index (κ2) is 74.9. The van der Waals surface area contributed by atoms with E-state index in [1.54, 1.807) is 0 Å². The van der Waals surface area contributed by atoms with Gasteiger partial charge in [0.2, 0.25) is 0 Å². The van der Waals surface area contributed by atoms with Crippen molar-refractivity contribution in [1.29, 1.82) is 0 Å². The van der Waals surface area contributed by atoms with Gasteiger partial charge < -0.3 is 30.3 Å². The minimum atomic E-state index is 0. The third-order valence-corrected chi connectivity index (χ3v) is 0. The Kier molecular flexibility index (Phi) is 170. The van der Waals surface area contributed by atoms with Crippen LogP contribution in [0, 0.1) is 71.2 Å². The van der Waals surface area contributed by atoms with Gasteiger partial charge in [-0.2, -0.15) is 0 Å².